The summed E-state index contributed by atoms with van der Waals surface area (Å²) in [7, 11) is 0. The number of nitrogens with one attached hydrogen (secondary N) is 1. The van der Waals surface area contributed by atoms with Gasteiger partial charge in [0.05, 0.1) is 31.0 Å². The molecule has 1 aliphatic heterocycles. The second-order valence-electron chi connectivity index (χ2n) is 5.96. The number of carbonyl (C=O) groups is 1. The lowest BCUT2D eigenvalue weighted by Crippen LogP contribution is -2.36. The van der Waals surface area contributed by atoms with Crippen molar-refractivity contribution in [3.8, 4) is 0 Å². The average molecular weight is 362 g/mol. The second-order valence-corrected chi connectivity index (χ2v) is 6.79. The van der Waals surface area contributed by atoms with E-state index in [-0.39, 0.29) is 12.3 Å². The highest BCUT2D eigenvalue weighted by Crippen LogP contribution is 2.21. The molecule has 0 aliphatic carbocycles. The number of thiazole rings is 1. The molecular formula is C17H22N4O3S. The number of amides is 1. The predicted molar refractivity (Wildman–Crippen MR) is 97.4 cm³/mol. The Kier molecular flexibility index (Phi) is 5.50. The third kappa shape index (κ3) is 4.46. The van der Waals surface area contributed by atoms with Crippen LogP contribution in [0.4, 0.5) is 5.13 Å². The number of hydrogen-bond donors (Lipinski definition) is 1. The summed E-state index contributed by atoms with van der Waals surface area (Å²) < 4.78 is 10.8. The number of aryl methyl sites for hydroxylation is 2. The Hall–Kier alpha value is -2.19. The molecule has 0 radical (unpaired) electrons. The Morgan fingerprint density at radius 2 is 2.16 bits per heavy atom. The zero-order valence-electron chi connectivity index (χ0n) is 14.7. The highest BCUT2D eigenvalue weighted by Gasteiger charge is 2.16. The van der Waals surface area contributed by atoms with Crippen LogP contribution in [0.5, 0.6) is 0 Å². The van der Waals surface area contributed by atoms with E-state index in [1.54, 1.807) is 11.3 Å². The maximum absolute atomic E-state index is 12.1. The van der Waals surface area contributed by atoms with Crippen LogP contribution in [0.15, 0.2) is 21.0 Å². The molecule has 1 saturated heterocycles. The third-order valence-corrected chi connectivity index (χ3v) is 4.89. The molecule has 1 amide bonds. The lowest BCUT2D eigenvalue weighted by Gasteiger charge is -2.26. The summed E-state index contributed by atoms with van der Waals surface area (Å²) in [6.07, 6.45) is 0.209. The van der Waals surface area contributed by atoms with Crippen molar-refractivity contribution in [1.82, 2.24) is 10.4 Å². The van der Waals surface area contributed by atoms with E-state index < -0.39 is 0 Å². The number of hydrazone groups is 1. The maximum Gasteiger partial charge on any atom is 0.246 e. The zero-order valence-corrected chi connectivity index (χ0v) is 15.5. The first-order chi connectivity index (χ1) is 12.0. The number of carbonyl (C=O) groups excluding carboxylic acids is 1. The molecule has 134 valence electrons. The number of ether oxygens (including phenoxy) is 1. The van der Waals surface area contributed by atoms with Crippen LogP contribution in [0.1, 0.15) is 29.7 Å². The third-order valence-electron chi connectivity index (χ3n) is 3.94. The number of anilines is 1. The SMILES string of the molecule is C/C(=N/NC(=O)Cc1csc(N2CCOCC2)n1)c1cc(C)oc1C. The summed E-state index contributed by atoms with van der Waals surface area (Å²) in [5, 5.41) is 7.03. The largest absolute Gasteiger partial charge is 0.466 e. The Morgan fingerprint density at radius 3 is 2.84 bits per heavy atom. The Labute approximate surface area is 150 Å². The van der Waals surface area contributed by atoms with Crippen LogP contribution in [-0.2, 0) is 16.0 Å². The van der Waals surface area contributed by atoms with E-state index in [0.29, 0.717) is 0 Å². The van der Waals surface area contributed by atoms with Gasteiger partial charge in [-0.2, -0.15) is 5.10 Å². The minimum Gasteiger partial charge on any atom is -0.466 e. The standard InChI is InChI=1S/C17H22N4O3S/c1-11-8-15(13(3)24-11)12(2)19-20-16(22)9-14-10-25-17(18-14)21-4-6-23-7-5-21/h8,10H,4-7,9H2,1-3H3,(H,20,22)/b19-12-. The number of hydrogen-bond acceptors (Lipinski definition) is 7. The predicted octanol–water partition coefficient (Wildman–Crippen LogP) is 2.27. The van der Waals surface area contributed by atoms with Crippen LogP contribution in [0.25, 0.3) is 0 Å². The molecule has 0 unspecified atom stereocenters. The van der Waals surface area contributed by atoms with Crippen LogP contribution < -0.4 is 10.3 Å². The number of nitrogens with zero attached hydrogens (tertiary/aromatic N) is 3. The number of morpholine rings is 1. The first kappa shape index (κ1) is 17.6. The molecule has 1 N–H and O–H groups in total. The number of aromatic nitrogens is 1. The van der Waals surface area contributed by atoms with Gasteiger partial charge in [0.25, 0.3) is 0 Å². The van der Waals surface area contributed by atoms with Gasteiger partial charge in [-0.15, -0.1) is 11.3 Å². The van der Waals surface area contributed by atoms with E-state index in [1.165, 1.54) is 0 Å². The first-order valence-electron chi connectivity index (χ1n) is 8.20. The second kappa shape index (κ2) is 7.79. The summed E-state index contributed by atoms with van der Waals surface area (Å²) >= 11 is 1.56. The van der Waals surface area contributed by atoms with Gasteiger partial charge in [-0.1, -0.05) is 0 Å². The molecular weight excluding hydrogens is 340 g/mol. The Bertz CT molecular complexity index is 775. The van der Waals surface area contributed by atoms with Crippen LogP contribution in [0.3, 0.4) is 0 Å². The van der Waals surface area contributed by atoms with Crippen molar-refractivity contribution in [3.05, 3.63) is 34.2 Å². The van der Waals surface area contributed by atoms with Crippen molar-refractivity contribution in [3.63, 3.8) is 0 Å². The molecule has 2 aromatic rings. The normalized spacial score (nSPS) is 15.5. The van der Waals surface area contributed by atoms with Crippen LogP contribution >= 0.6 is 11.3 Å². The molecule has 3 heterocycles. The number of rotatable bonds is 5. The van der Waals surface area contributed by atoms with E-state index >= 15 is 0 Å². The summed E-state index contributed by atoms with van der Waals surface area (Å²) in [6.45, 7) is 8.73. The summed E-state index contributed by atoms with van der Waals surface area (Å²) in [6, 6.07) is 1.91. The van der Waals surface area contributed by atoms with Gasteiger partial charge in [0.15, 0.2) is 5.13 Å². The lowest BCUT2D eigenvalue weighted by atomic mass is 10.2. The maximum atomic E-state index is 12.1. The fourth-order valence-electron chi connectivity index (χ4n) is 2.68. The van der Waals surface area contributed by atoms with Crippen molar-refractivity contribution >= 4 is 28.1 Å². The molecule has 2 aromatic heterocycles. The summed E-state index contributed by atoms with van der Waals surface area (Å²) in [4.78, 5) is 18.8. The molecule has 7 nitrogen and oxygen atoms in total. The molecule has 1 aliphatic rings. The smallest absolute Gasteiger partial charge is 0.246 e. The van der Waals surface area contributed by atoms with Gasteiger partial charge in [0.1, 0.15) is 11.5 Å². The summed E-state index contributed by atoms with van der Waals surface area (Å²) in [5.41, 5.74) is 4.97. The van der Waals surface area contributed by atoms with Crippen LogP contribution in [-0.4, -0.2) is 42.9 Å². The average Bonchev–Trinajstić information content (AvgIpc) is 3.19. The molecule has 1 fully saturated rings. The van der Waals surface area contributed by atoms with E-state index in [0.717, 1.165) is 59.9 Å². The van der Waals surface area contributed by atoms with Gasteiger partial charge in [-0.3, -0.25) is 4.79 Å². The zero-order chi connectivity index (χ0) is 17.8. The minimum atomic E-state index is -0.184. The minimum absolute atomic E-state index is 0.184. The van der Waals surface area contributed by atoms with Gasteiger partial charge in [0, 0.05) is 24.0 Å². The van der Waals surface area contributed by atoms with Crippen molar-refractivity contribution < 1.29 is 13.9 Å². The molecule has 0 spiro atoms. The van der Waals surface area contributed by atoms with E-state index in [9.17, 15) is 4.79 Å². The van der Waals surface area contributed by atoms with Gasteiger partial charge in [-0.25, -0.2) is 10.4 Å². The van der Waals surface area contributed by atoms with Gasteiger partial charge >= 0.3 is 0 Å². The topological polar surface area (TPSA) is 80.0 Å². The van der Waals surface area contributed by atoms with E-state index in [1.807, 2.05) is 32.2 Å². The summed E-state index contributed by atoms with van der Waals surface area (Å²) in [5.74, 6) is 1.44. The van der Waals surface area contributed by atoms with Crippen molar-refractivity contribution in [2.75, 3.05) is 31.2 Å². The molecule has 8 heteroatoms. The first-order valence-corrected chi connectivity index (χ1v) is 9.08. The molecule has 0 aromatic carbocycles. The highest BCUT2D eigenvalue weighted by molar-refractivity contribution is 7.13. The molecule has 25 heavy (non-hydrogen) atoms. The fourth-order valence-corrected chi connectivity index (χ4v) is 3.56. The van der Waals surface area contributed by atoms with Gasteiger partial charge in [0.2, 0.25) is 5.91 Å². The van der Waals surface area contributed by atoms with Gasteiger partial charge in [-0.05, 0) is 26.8 Å². The Morgan fingerprint density at radius 1 is 1.40 bits per heavy atom. The van der Waals surface area contributed by atoms with Crippen molar-refractivity contribution in [1.29, 1.82) is 0 Å². The van der Waals surface area contributed by atoms with Crippen molar-refractivity contribution in [2.24, 2.45) is 5.10 Å². The Balaban J connectivity index is 1.56. The van der Waals surface area contributed by atoms with Crippen LogP contribution in [0, 0.1) is 13.8 Å². The molecule has 0 bridgehead atoms. The molecule has 0 saturated carbocycles. The van der Waals surface area contributed by atoms with E-state index in [4.69, 9.17) is 9.15 Å². The monoisotopic (exact) mass is 362 g/mol. The molecule has 0 atom stereocenters. The van der Waals surface area contributed by atoms with Crippen molar-refractivity contribution in [2.45, 2.75) is 27.2 Å². The highest BCUT2D eigenvalue weighted by atomic mass is 32.1. The quantitative estimate of drug-likeness (QED) is 0.652. The van der Waals surface area contributed by atoms with Crippen LogP contribution in [0.2, 0.25) is 0 Å². The fraction of sp³-hybridized carbons (Fsp3) is 0.471. The van der Waals surface area contributed by atoms with Gasteiger partial charge < -0.3 is 14.1 Å². The number of furan rings is 1. The lowest BCUT2D eigenvalue weighted by molar-refractivity contribution is -0.120. The van der Waals surface area contributed by atoms with E-state index in [2.05, 4.69) is 20.4 Å². The molecule has 3 rings (SSSR count).